The maximum atomic E-state index is 11.9. The normalized spacial score (nSPS) is 11.0. The summed E-state index contributed by atoms with van der Waals surface area (Å²) in [5, 5.41) is 2.69. The van der Waals surface area contributed by atoms with E-state index in [1.165, 1.54) is 0 Å². The zero-order valence-corrected chi connectivity index (χ0v) is 12.2. The highest BCUT2D eigenvalue weighted by atomic mass is 19.1. The van der Waals surface area contributed by atoms with E-state index in [0.717, 1.165) is 5.56 Å². The number of carbonyl (C=O) groups excluding carboxylic acids is 1. The predicted molar refractivity (Wildman–Crippen MR) is 75.9 cm³/mol. The highest BCUT2D eigenvalue weighted by molar-refractivity contribution is 5.67. The molecule has 1 aromatic carbocycles. The van der Waals surface area contributed by atoms with Crippen LogP contribution in [0.15, 0.2) is 24.3 Å². The van der Waals surface area contributed by atoms with Gasteiger partial charge < -0.3 is 14.8 Å². The molecule has 0 fully saturated rings. The molecule has 1 N–H and O–H groups in total. The number of ether oxygens (including phenoxy) is 2. The lowest BCUT2D eigenvalue weighted by Crippen LogP contribution is -2.33. The second-order valence-electron chi connectivity index (χ2n) is 5.36. The van der Waals surface area contributed by atoms with Crippen LogP contribution in [0.3, 0.4) is 0 Å². The number of alkyl carbamates (subject to hydrolysis) is 1. The number of alkyl halides is 1. The third-order valence-electron chi connectivity index (χ3n) is 2.35. The quantitative estimate of drug-likeness (QED) is 0.872. The van der Waals surface area contributed by atoms with E-state index in [0.29, 0.717) is 18.7 Å². The molecule has 0 unspecified atom stereocenters. The topological polar surface area (TPSA) is 47.6 Å². The summed E-state index contributed by atoms with van der Waals surface area (Å²) in [5.74, 6) is 0.645. The van der Waals surface area contributed by atoms with Crippen molar-refractivity contribution in [3.05, 3.63) is 29.8 Å². The second kappa shape index (κ2) is 7.72. The van der Waals surface area contributed by atoms with E-state index < -0.39 is 18.4 Å². The fourth-order valence-corrected chi connectivity index (χ4v) is 1.53. The van der Waals surface area contributed by atoms with Crippen molar-refractivity contribution in [3.63, 3.8) is 0 Å². The maximum Gasteiger partial charge on any atom is 0.407 e. The Morgan fingerprint density at radius 1 is 1.25 bits per heavy atom. The van der Waals surface area contributed by atoms with Crippen LogP contribution >= 0.6 is 0 Å². The Labute approximate surface area is 119 Å². The number of hydrogen-bond donors (Lipinski definition) is 1. The summed E-state index contributed by atoms with van der Waals surface area (Å²) in [6, 6.07) is 7.37. The van der Waals surface area contributed by atoms with Crippen LogP contribution in [0.1, 0.15) is 26.3 Å². The van der Waals surface area contributed by atoms with E-state index in [-0.39, 0.29) is 6.61 Å². The van der Waals surface area contributed by atoms with Crippen LogP contribution in [-0.2, 0) is 11.2 Å². The second-order valence-corrected chi connectivity index (χ2v) is 5.36. The van der Waals surface area contributed by atoms with Gasteiger partial charge in [-0.2, -0.15) is 0 Å². The molecule has 0 aliphatic heterocycles. The van der Waals surface area contributed by atoms with Crippen LogP contribution in [0.4, 0.5) is 9.18 Å². The Morgan fingerprint density at radius 3 is 2.45 bits per heavy atom. The van der Waals surface area contributed by atoms with Crippen molar-refractivity contribution in [2.45, 2.75) is 32.8 Å². The SMILES string of the molecule is CC(C)(C)OC(=O)NCCc1ccc(OCCF)cc1. The van der Waals surface area contributed by atoms with Crippen LogP contribution in [0.25, 0.3) is 0 Å². The van der Waals surface area contributed by atoms with Crippen LogP contribution in [-0.4, -0.2) is 31.5 Å². The first-order valence-corrected chi connectivity index (χ1v) is 6.65. The van der Waals surface area contributed by atoms with Gasteiger partial charge in [0.1, 0.15) is 24.6 Å². The van der Waals surface area contributed by atoms with E-state index in [4.69, 9.17) is 9.47 Å². The maximum absolute atomic E-state index is 11.9. The van der Waals surface area contributed by atoms with Gasteiger partial charge in [-0.25, -0.2) is 9.18 Å². The van der Waals surface area contributed by atoms with E-state index in [1.54, 1.807) is 12.1 Å². The highest BCUT2D eigenvalue weighted by Crippen LogP contribution is 2.12. The van der Waals surface area contributed by atoms with Gasteiger partial charge in [0.25, 0.3) is 0 Å². The van der Waals surface area contributed by atoms with E-state index >= 15 is 0 Å². The van der Waals surface area contributed by atoms with E-state index in [2.05, 4.69) is 5.32 Å². The van der Waals surface area contributed by atoms with Crippen molar-refractivity contribution in [2.24, 2.45) is 0 Å². The summed E-state index contributed by atoms with van der Waals surface area (Å²) in [5.41, 5.74) is 0.577. The number of carbonyl (C=O) groups is 1. The largest absolute Gasteiger partial charge is 0.491 e. The van der Waals surface area contributed by atoms with Gasteiger partial charge in [-0.1, -0.05) is 12.1 Å². The van der Waals surface area contributed by atoms with Gasteiger partial charge in [-0.15, -0.1) is 0 Å². The molecule has 0 spiro atoms. The zero-order valence-electron chi connectivity index (χ0n) is 12.2. The van der Waals surface area contributed by atoms with Crippen molar-refractivity contribution in [1.29, 1.82) is 0 Å². The minimum atomic E-state index is -0.498. The standard InChI is InChI=1S/C15H22FNO3/c1-15(2,3)20-14(18)17-10-8-12-4-6-13(7-5-12)19-11-9-16/h4-7H,8-11H2,1-3H3,(H,17,18). The van der Waals surface area contributed by atoms with Crippen LogP contribution in [0, 0.1) is 0 Å². The smallest absolute Gasteiger partial charge is 0.407 e. The molecule has 0 saturated carbocycles. The summed E-state index contributed by atoms with van der Waals surface area (Å²) in [6.07, 6.45) is 0.281. The number of nitrogens with one attached hydrogen (secondary N) is 1. The van der Waals surface area contributed by atoms with Gasteiger partial charge in [0.15, 0.2) is 0 Å². The molecule has 4 nitrogen and oxygen atoms in total. The highest BCUT2D eigenvalue weighted by Gasteiger charge is 2.15. The molecule has 0 aliphatic carbocycles. The van der Waals surface area contributed by atoms with Gasteiger partial charge in [0.05, 0.1) is 0 Å². The minimum absolute atomic E-state index is 0.0690. The van der Waals surface area contributed by atoms with Crippen molar-refractivity contribution in [3.8, 4) is 5.75 Å². The fourth-order valence-electron chi connectivity index (χ4n) is 1.53. The minimum Gasteiger partial charge on any atom is -0.491 e. The lowest BCUT2D eigenvalue weighted by molar-refractivity contribution is 0.0528. The predicted octanol–water partition coefficient (Wildman–Crippen LogP) is 3.10. The molecule has 0 aromatic heterocycles. The lowest BCUT2D eigenvalue weighted by Gasteiger charge is -2.19. The first-order valence-electron chi connectivity index (χ1n) is 6.65. The van der Waals surface area contributed by atoms with Crippen molar-refractivity contribution in [2.75, 3.05) is 19.8 Å². The first kappa shape index (κ1) is 16.3. The first-order chi connectivity index (χ1) is 9.40. The molecule has 0 bridgehead atoms. The Morgan fingerprint density at radius 2 is 1.90 bits per heavy atom. The monoisotopic (exact) mass is 283 g/mol. The van der Waals surface area contributed by atoms with Gasteiger partial charge in [0, 0.05) is 6.54 Å². The third-order valence-corrected chi connectivity index (χ3v) is 2.35. The summed E-state index contributed by atoms with van der Waals surface area (Å²) in [4.78, 5) is 11.4. The molecule has 5 heteroatoms. The number of rotatable bonds is 6. The third kappa shape index (κ3) is 6.97. The average molecular weight is 283 g/mol. The zero-order chi connectivity index (χ0) is 15.0. The summed E-state index contributed by atoms with van der Waals surface area (Å²) in [6.45, 7) is 5.54. The summed E-state index contributed by atoms with van der Waals surface area (Å²) in [7, 11) is 0. The molecular formula is C15H22FNO3. The molecule has 0 heterocycles. The summed E-state index contributed by atoms with van der Waals surface area (Å²) >= 11 is 0. The molecule has 0 saturated heterocycles. The number of hydrogen-bond acceptors (Lipinski definition) is 3. The summed E-state index contributed by atoms with van der Waals surface area (Å²) < 4.78 is 22.2. The van der Waals surface area contributed by atoms with E-state index in [9.17, 15) is 9.18 Å². The van der Waals surface area contributed by atoms with Crippen molar-refractivity contribution < 1.29 is 18.7 Å². The number of amides is 1. The van der Waals surface area contributed by atoms with Crippen LogP contribution in [0.2, 0.25) is 0 Å². The Kier molecular flexibility index (Phi) is 6.28. The Hall–Kier alpha value is -1.78. The van der Waals surface area contributed by atoms with Crippen LogP contribution < -0.4 is 10.1 Å². The molecule has 20 heavy (non-hydrogen) atoms. The molecule has 1 rings (SSSR count). The number of halogens is 1. The Balaban J connectivity index is 2.30. The van der Waals surface area contributed by atoms with Gasteiger partial charge >= 0.3 is 6.09 Å². The molecule has 1 aromatic rings. The van der Waals surface area contributed by atoms with Crippen LogP contribution in [0.5, 0.6) is 5.75 Å². The molecule has 0 aliphatic rings. The molecule has 0 atom stereocenters. The van der Waals surface area contributed by atoms with Gasteiger partial charge in [-0.05, 0) is 44.9 Å². The number of benzene rings is 1. The fraction of sp³-hybridized carbons (Fsp3) is 0.533. The van der Waals surface area contributed by atoms with E-state index in [1.807, 2.05) is 32.9 Å². The molecule has 112 valence electrons. The van der Waals surface area contributed by atoms with Gasteiger partial charge in [-0.3, -0.25) is 0 Å². The van der Waals surface area contributed by atoms with Crippen molar-refractivity contribution in [1.82, 2.24) is 5.32 Å². The molecule has 0 radical (unpaired) electrons. The average Bonchev–Trinajstić information content (AvgIpc) is 2.35. The van der Waals surface area contributed by atoms with Crippen molar-refractivity contribution >= 4 is 6.09 Å². The molecule has 1 amide bonds. The lowest BCUT2D eigenvalue weighted by atomic mass is 10.1. The van der Waals surface area contributed by atoms with Gasteiger partial charge in [0.2, 0.25) is 0 Å². The molecular weight excluding hydrogens is 261 g/mol. The Bertz CT molecular complexity index is 412.